The van der Waals surface area contributed by atoms with Gasteiger partial charge in [-0.1, -0.05) is 30.7 Å². The number of ether oxygens (including phenoxy) is 1. The predicted molar refractivity (Wildman–Crippen MR) is 147 cm³/mol. The van der Waals surface area contributed by atoms with E-state index in [1.807, 2.05) is 0 Å². The maximum atomic E-state index is 13.3. The van der Waals surface area contributed by atoms with Crippen LogP contribution >= 0.6 is 11.6 Å². The third-order valence-electron chi connectivity index (χ3n) is 6.23. The zero-order valence-electron chi connectivity index (χ0n) is 21.1. The quantitative estimate of drug-likeness (QED) is 0.410. The smallest absolute Gasteiger partial charge is 0.264 e. The van der Waals surface area contributed by atoms with Crippen molar-refractivity contribution in [3.05, 3.63) is 76.8 Å². The van der Waals surface area contributed by atoms with Crippen LogP contribution in [0, 0.1) is 6.92 Å². The molecule has 1 aliphatic heterocycles. The van der Waals surface area contributed by atoms with Gasteiger partial charge in [-0.05, 0) is 73.0 Å². The molecule has 4 rings (SSSR count). The summed E-state index contributed by atoms with van der Waals surface area (Å²) in [5.41, 5.74) is 2.38. The first kappa shape index (κ1) is 27.9. The standard InChI is InChI=1S/C26H28ClN3O6S2/c1-4-29(38(34,35)25-15-18(2)5-12-24(25)36-3)17-26(31)28-21-9-6-19-13-14-30(23(19)16-21)37(32,33)22-10-7-20(27)8-11-22/h5-12,15-16H,4,13-14,17H2,1-3H3,(H,28,31). The third kappa shape index (κ3) is 5.51. The van der Waals surface area contributed by atoms with Gasteiger partial charge in [0.2, 0.25) is 15.9 Å². The van der Waals surface area contributed by atoms with Gasteiger partial charge in [0, 0.05) is 23.8 Å². The Bertz CT molecular complexity index is 1570. The number of rotatable bonds is 9. The normalized spacial score (nSPS) is 13.4. The number of aryl methyl sites for hydroxylation is 1. The molecule has 1 amide bonds. The molecule has 0 atom stereocenters. The van der Waals surface area contributed by atoms with Crippen LogP contribution in [0.25, 0.3) is 0 Å². The van der Waals surface area contributed by atoms with E-state index in [4.69, 9.17) is 16.3 Å². The SMILES string of the molecule is CCN(CC(=O)Nc1ccc2c(c1)N(S(=O)(=O)c1ccc(Cl)cc1)CC2)S(=O)(=O)c1cc(C)ccc1OC. The molecule has 1 N–H and O–H groups in total. The number of anilines is 2. The lowest BCUT2D eigenvalue weighted by Gasteiger charge is -2.22. The molecule has 0 radical (unpaired) electrons. The lowest BCUT2D eigenvalue weighted by molar-refractivity contribution is -0.116. The van der Waals surface area contributed by atoms with E-state index in [2.05, 4.69) is 5.32 Å². The molecule has 3 aromatic rings. The van der Waals surface area contributed by atoms with Gasteiger partial charge in [0.15, 0.2) is 0 Å². The van der Waals surface area contributed by atoms with Crippen LogP contribution in [0.3, 0.4) is 0 Å². The molecule has 0 saturated carbocycles. The monoisotopic (exact) mass is 577 g/mol. The fourth-order valence-electron chi connectivity index (χ4n) is 4.26. The molecule has 12 heteroatoms. The summed E-state index contributed by atoms with van der Waals surface area (Å²) in [6, 6.07) is 15.8. The Hall–Kier alpha value is -3.12. The van der Waals surface area contributed by atoms with Gasteiger partial charge in [-0.2, -0.15) is 4.31 Å². The van der Waals surface area contributed by atoms with Crippen molar-refractivity contribution in [3.8, 4) is 5.75 Å². The van der Waals surface area contributed by atoms with Crippen molar-refractivity contribution < 1.29 is 26.4 Å². The minimum atomic E-state index is -4.02. The summed E-state index contributed by atoms with van der Waals surface area (Å²) in [6.07, 6.45) is 0.524. The first-order valence-corrected chi connectivity index (χ1v) is 15.1. The van der Waals surface area contributed by atoms with Crippen LogP contribution < -0.4 is 14.4 Å². The number of carbonyl (C=O) groups excluding carboxylic acids is 1. The summed E-state index contributed by atoms with van der Waals surface area (Å²) >= 11 is 5.91. The topological polar surface area (TPSA) is 113 Å². The zero-order valence-corrected chi connectivity index (χ0v) is 23.5. The maximum Gasteiger partial charge on any atom is 0.264 e. The van der Waals surface area contributed by atoms with Crippen LogP contribution in [0.5, 0.6) is 5.75 Å². The molecule has 0 bridgehead atoms. The second-order valence-corrected chi connectivity index (χ2v) is 13.0. The van der Waals surface area contributed by atoms with Crippen LogP contribution in [0.15, 0.2) is 70.5 Å². The number of fused-ring (bicyclic) bond motifs is 1. The fourth-order valence-corrected chi connectivity index (χ4v) is 7.53. The van der Waals surface area contributed by atoms with Gasteiger partial charge in [-0.3, -0.25) is 9.10 Å². The van der Waals surface area contributed by atoms with Crippen LogP contribution in [-0.2, 0) is 31.3 Å². The highest BCUT2D eigenvalue weighted by Crippen LogP contribution is 2.35. The Morgan fingerprint density at radius 3 is 2.42 bits per heavy atom. The largest absolute Gasteiger partial charge is 0.495 e. The molecule has 0 spiro atoms. The second-order valence-electron chi connectivity index (χ2n) is 8.76. The summed E-state index contributed by atoms with van der Waals surface area (Å²) in [4.78, 5) is 13.0. The highest BCUT2D eigenvalue weighted by atomic mass is 35.5. The molecular formula is C26H28ClN3O6S2. The molecule has 0 aliphatic carbocycles. The molecule has 0 unspecified atom stereocenters. The van der Waals surface area contributed by atoms with Gasteiger partial charge in [0.05, 0.1) is 24.2 Å². The first-order chi connectivity index (χ1) is 18.0. The molecular weight excluding hydrogens is 550 g/mol. The minimum Gasteiger partial charge on any atom is -0.495 e. The van der Waals surface area contributed by atoms with E-state index in [9.17, 15) is 21.6 Å². The van der Waals surface area contributed by atoms with Gasteiger partial charge < -0.3 is 10.1 Å². The highest BCUT2D eigenvalue weighted by molar-refractivity contribution is 7.92. The molecule has 0 aromatic heterocycles. The van der Waals surface area contributed by atoms with Gasteiger partial charge in [-0.25, -0.2) is 16.8 Å². The number of carbonyl (C=O) groups is 1. The number of nitrogens with zero attached hydrogens (tertiary/aromatic N) is 2. The Balaban J connectivity index is 1.54. The van der Waals surface area contributed by atoms with Crippen molar-refractivity contribution in [1.82, 2.24) is 4.31 Å². The number of sulfonamides is 2. The average Bonchev–Trinajstić information content (AvgIpc) is 3.31. The van der Waals surface area contributed by atoms with E-state index >= 15 is 0 Å². The van der Waals surface area contributed by atoms with Crippen LogP contribution in [-0.4, -0.2) is 53.8 Å². The molecule has 3 aromatic carbocycles. The maximum absolute atomic E-state index is 13.3. The van der Waals surface area contributed by atoms with Crippen LogP contribution in [0.1, 0.15) is 18.1 Å². The van der Waals surface area contributed by atoms with Gasteiger partial charge >= 0.3 is 0 Å². The van der Waals surface area contributed by atoms with Crippen LogP contribution in [0.2, 0.25) is 5.02 Å². The van der Waals surface area contributed by atoms with E-state index in [-0.39, 0.29) is 28.6 Å². The minimum absolute atomic E-state index is 0.0183. The lowest BCUT2D eigenvalue weighted by atomic mass is 10.1. The van der Waals surface area contributed by atoms with Crippen molar-refractivity contribution in [2.75, 3.05) is 36.4 Å². The van der Waals surface area contributed by atoms with E-state index in [1.54, 1.807) is 44.2 Å². The number of amides is 1. The van der Waals surface area contributed by atoms with E-state index in [0.717, 1.165) is 15.4 Å². The molecule has 0 saturated heterocycles. The Kier molecular flexibility index (Phi) is 8.03. The van der Waals surface area contributed by atoms with E-state index in [1.165, 1.54) is 41.7 Å². The third-order valence-corrected chi connectivity index (χ3v) is 10.3. The van der Waals surface area contributed by atoms with Gasteiger partial charge in [-0.15, -0.1) is 0 Å². The number of nitrogens with one attached hydrogen (secondary N) is 1. The molecule has 9 nitrogen and oxygen atoms in total. The molecule has 202 valence electrons. The van der Waals surface area contributed by atoms with Crippen molar-refractivity contribution >= 4 is 48.9 Å². The number of halogens is 1. The highest BCUT2D eigenvalue weighted by Gasteiger charge is 2.32. The number of benzene rings is 3. The molecule has 1 heterocycles. The first-order valence-electron chi connectivity index (χ1n) is 11.8. The molecule has 0 fully saturated rings. The summed E-state index contributed by atoms with van der Waals surface area (Å²) in [6.45, 7) is 3.30. The zero-order chi connectivity index (χ0) is 27.7. The van der Waals surface area contributed by atoms with Crippen LogP contribution in [0.4, 0.5) is 11.4 Å². The lowest BCUT2D eigenvalue weighted by Crippen LogP contribution is -2.38. The van der Waals surface area contributed by atoms with Crippen molar-refractivity contribution in [3.63, 3.8) is 0 Å². The summed E-state index contributed by atoms with van der Waals surface area (Å²) in [7, 11) is -6.47. The van der Waals surface area contributed by atoms with Gasteiger partial charge in [0.1, 0.15) is 10.6 Å². The number of likely N-dealkylation sites (N-methyl/N-ethyl adjacent to an activating group) is 1. The van der Waals surface area contributed by atoms with E-state index < -0.39 is 32.5 Å². The number of hydrogen-bond donors (Lipinski definition) is 1. The van der Waals surface area contributed by atoms with E-state index in [0.29, 0.717) is 22.8 Å². The Labute approximate surface area is 228 Å². The predicted octanol–water partition coefficient (Wildman–Crippen LogP) is 4.06. The average molecular weight is 578 g/mol. The van der Waals surface area contributed by atoms with Crippen molar-refractivity contribution in [2.24, 2.45) is 0 Å². The Morgan fingerprint density at radius 2 is 1.76 bits per heavy atom. The van der Waals surface area contributed by atoms with Crippen molar-refractivity contribution in [1.29, 1.82) is 0 Å². The second kappa shape index (κ2) is 10.9. The number of hydrogen-bond acceptors (Lipinski definition) is 6. The summed E-state index contributed by atoms with van der Waals surface area (Å²) < 4.78 is 60.8. The Morgan fingerprint density at radius 1 is 1.05 bits per heavy atom. The number of methoxy groups -OCH3 is 1. The summed E-state index contributed by atoms with van der Waals surface area (Å²) in [5, 5.41) is 3.13. The molecule has 1 aliphatic rings. The van der Waals surface area contributed by atoms with Crippen molar-refractivity contribution in [2.45, 2.75) is 30.1 Å². The molecule has 38 heavy (non-hydrogen) atoms. The summed E-state index contributed by atoms with van der Waals surface area (Å²) in [5.74, 6) is -0.373. The fraction of sp³-hybridized carbons (Fsp3) is 0.269. The van der Waals surface area contributed by atoms with Gasteiger partial charge in [0.25, 0.3) is 10.0 Å².